The largest absolute Gasteiger partial charge is 0.394 e. The van der Waals surface area contributed by atoms with Crippen LogP contribution in [0.15, 0.2) is 43.0 Å². The summed E-state index contributed by atoms with van der Waals surface area (Å²) in [6, 6.07) is 8.56. The number of carbonyl (C=O) groups is 2. The average Bonchev–Trinajstić information content (AvgIpc) is 3.32. The molecule has 8 heteroatoms. The van der Waals surface area contributed by atoms with Crippen molar-refractivity contribution in [1.82, 2.24) is 20.2 Å². The van der Waals surface area contributed by atoms with Crippen LogP contribution in [-0.4, -0.2) is 44.4 Å². The first kappa shape index (κ1) is 17.1. The van der Waals surface area contributed by atoms with Crippen LogP contribution >= 0.6 is 0 Å². The molecule has 3 rings (SSSR count). The predicted molar refractivity (Wildman–Crippen MR) is 90.0 cm³/mol. The van der Waals surface area contributed by atoms with E-state index in [1.807, 2.05) is 30.3 Å². The highest BCUT2D eigenvalue weighted by Gasteiger charge is 2.43. The van der Waals surface area contributed by atoms with Gasteiger partial charge in [-0.1, -0.05) is 43.2 Å². The van der Waals surface area contributed by atoms with Gasteiger partial charge in [0.1, 0.15) is 18.7 Å². The maximum absolute atomic E-state index is 13.0. The van der Waals surface area contributed by atoms with E-state index in [0.29, 0.717) is 0 Å². The summed E-state index contributed by atoms with van der Waals surface area (Å²) in [5, 5.41) is 19.4. The van der Waals surface area contributed by atoms with Gasteiger partial charge in [-0.05, 0) is 18.4 Å². The topological polar surface area (TPSA) is 109 Å². The van der Waals surface area contributed by atoms with Gasteiger partial charge in [0.15, 0.2) is 0 Å². The minimum absolute atomic E-state index is 0.228. The highest BCUT2D eigenvalue weighted by Crippen LogP contribution is 2.41. The number of aliphatic hydroxyl groups excluding tert-OH is 1. The van der Waals surface area contributed by atoms with Crippen LogP contribution < -0.4 is 10.7 Å². The molecule has 0 aliphatic heterocycles. The summed E-state index contributed by atoms with van der Waals surface area (Å²) in [6.45, 7) is -0.495. The molecule has 1 aromatic heterocycles. The van der Waals surface area contributed by atoms with Crippen LogP contribution in [0.3, 0.4) is 0 Å². The minimum Gasteiger partial charge on any atom is -0.394 e. The summed E-state index contributed by atoms with van der Waals surface area (Å²) in [5.74, 6) is -0.758. The number of nitrogens with one attached hydrogen (secondary N) is 2. The lowest BCUT2D eigenvalue weighted by molar-refractivity contribution is -0.131. The molecule has 1 aromatic carbocycles. The average molecular weight is 343 g/mol. The van der Waals surface area contributed by atoms with Crippen LogP contribution in [-0.2, 0) is 15.0 Å². The molecule has 1 aliphatic carbocycles. The van der Waals surface area contributed by atoms with Gasteiger partial charge in [0.05, 0.1) is 12.0 Å². The number of nitrogens with zero attached hydrogens (tertiary/aromatic N) is 3. The second-order valence-corrected chi connectivity index (χ2v) is 6.21. The van der Waals surface area contributed by atoms with Gasteiger partial charge in [0, 0.05) is 0 Å². The highest BCUT2D eigenvalue weighted by molar-refractivity contribution is 5.96. The van der Waals surface area contributed by atoms with Gasteiger partial charge in [0.2, 0.25) is 5.91 Å². The fourth-order valence-corrected chi connectivity index (χ4v) is 3.34. The van der Waals surface area contributed by atoms with Crippen LogP contribution in [0, 0.1) is 0 Å². The molecule has 0 bridgehead atoms. The van der Waals surface area contributed by atoms with Gasteiger partial charge in [-0.15, -0.1) is 10.2 Å². The number of amides is 2. The first-order valence-corrected chi connectivity index (χ1v) is 8.28. The third-order valence-electron chi connectivity index (χ3n) is 4.68. The molecule has 0 unspecified atom stereocenters. The van der Waals surface area contributed by atoms with E-state index in [2.05, 4.69) is 20.9 Å². The molecule has 2 aromatic rings. The van der Waals surface area contributed by atoms with E-state index in [4.69, 9.17) is 0 Å². The molecule has 1 fully saturated rings. The molecule has 1 heterocycles. The molecule has 2 amide bonds. The molecule has 1 atom stereocenters. The van der Waals surface area contributed by atoms with Gasteiger partial charge in [0.25, 0.3) is 5.91 Å². The Balaban J connectivity index is 1.75. The lowest BCUT2D eigenvalue weighted by atomic mass is 9.78. The van der Waals surface area contributed by atoms with E-state index in [1.54, 1.807) is 0 Å². The maximum Gasteiger partial charge on any atom is 0.263 e. The molecule has 1 aliphatic rings. The van der Waals surface area contributed by atoms with Gasteiger partial charge < -0.3 is 10.4 Å². The van der Waals surface area contributed by atoms with E-state index in [0.717, 1.165) is 31.2 Å². The number of hydrogen-bond acceptors (Lipinski definition) is 5. The quantitative estimate of drug-likeness (QED) is 0.701. The Hall–Kier alpha value is -2.74. The van der Waals surface area contributed by atoms with E-state index in [1.165, 1.54) is 17.3 Å². The Morgan fingerprint density at radius 1 is 1.16 bits per heavy atom. The molecule has 3 N–H and O–H groups in total. The fourth-order valence-electron chi connectivity index (χ4n) is 3.34. The fraction of sp³-hybridized carbons (Fsp3) is 0.412. The van der Waals surface area contributed by atoms with Crippen molar-refractivity contribution in [3.05, 3.63) is 48.5 Å². The maximum atomic E-state index is 13.0. The zero-order valence-corrected chi connectivity index (χ0v) is 13.8. The Kier molecular flexibility index (Phi) is 5.08. The van der Waals surface area contributed by atoms with Crippen LogP contribution in [0.4, 0.5) is 0 Å². The number of benzene rings is 1. The monoisotopic (exact) mass is 343 g/mol. The van der Waals surface area contributed by atoms with Crippen LogP contribution in [0.2, 0.25) is 0 Å². The van der Waals surface area contributed by atoms with Crippen LogP contribution in [0.5, 0.6) is 0 Å². The Labute approximate surface area is 145 Å². The van der Waals surface area contributed by atoms with Gasteiger partial charge in [-0.25, -0.2) is 4.68 Å². The molecule has 8 nitrogen and oxygen atoms in total. The minimum atomic E-state index is -1.05. The van der Waals surface area contributed by atoms with Crippen molar-refractivity contribution >= 4 is 11.8 Å². The van der Waals surface area contributed by atoms with E-state index >= 15 is 0 Å². The van der Waals surface area contributed by atoms with E-state index in [9.17, 15) is 14.7 Å². The highest BCUT2D eigenvalue weighted by atomic mass is 16.3. The van der Waals surface area contributed by atoms with Gasteiger partial charge in [-0.3, -0.25) is 15.0 Å². The zero-order valence-electron chi connectivity index (χ0n) is 13.8. The van der Waals surface area contributed by atoms with Crippen molar-refractivity contribution in [3.8, 4) is 0 Å². The Bertz CT molecular complexity index is 711. The van der Waals surface area contributed by atoms with Crippen molar-refractivity contribution in [2.75, 3.05) is 12.0 Å². The van der Waals surface area contributed by atoms with Crippen molar-refractivity contribution in [2.24, 2.45) is 0 Å². The number of aliphatic hydroxyl groups is 1. The molecule has 25 heavy (non-hydrogen) atoms. The molecule has 1 saturated carbocycles. The van der Waals surface area contributed by atoms with Crippen molar-refractivity contribution < 1.29 is 14.7 Å². The van der Waals surface area contributed by atoms with Crippen LogP contribution in [0.25, 0.3) is 0 Å². The third kappa shape index (κ3) is 3.53. The van der Waals surface area contributed by atoms with Crippen LogP contribution in [0.1, 0.15) is 31.2 Å². The van der Waals surface area contributed by atoms with Gasteiger partial charge in [-0.2, -0.15) is 0 Å². The molecular weight excluding hydrogens is 322 g/mol. The summed E-state index contributed by atoms with van der Waals surface area (Å²) in [5.41, 5.74) is 2.80. The summed E-state index contributed by atoms with van der Waals surface area (Å²) >= 11 is 0. The zero-order chi connectivity index (χ0) is 17.7. The standard InChI is InChI=1S/C17H21N5O3/c23-10-14(15(24)21-22-11-18-19-12-22)20-16(25)17(8-4-5-9-17)13-6-2-1-3-7-13/h1-3,6-7,11-12,14,23H,4-5,8-10H2,(H,20,25)(H,21,24)/t14-/m0/s1. The summed E-state index contributed by atoms with van der Waals surface area (Å²) in [6.07, 6.45) is 6.01. The lowest BCUT2D eigenvalue weighted by Gasteiger charge is -2.30. The second-order valence-electron chi connectivity index (χ2n) is 6.21. The van der Waals surface area contributed by atoms with Crippen molar-refractivity contribution in [2.45, 2.75) is 37.1 Å². The normalized spacial score (nSPS) is 17.0. The molecule has 0 radical (unpaired) electrons. The number of carbonyl (C=O) groups excluding carboxylic acids is 2. The first-order valence-electron chi connectivity index (χ1n) is 8.28. The lowest BCUT2D eigenvalue weighted by Crippen LogP contribution is -2.53. The predicted octanol–water partition coefficient (Wildman–Crippen LogP) is 0.337. The first-order chi connectivity index (χ1) is 12.2. The third-order valence-corrected chi connectivity index (χ3v) is 4.68. The molecule has 0 saturated heterocycles. The smallest absolute Gasteiger partial charge is 0.263 e. The summed E-state index contributed by atoms with van der Waals surface area (Å²) in [7, 11) is 0. The molecule has 0 spiro atoms. The number of rotatable bonds is 6. The SMILES string of the molecule is O=C(Nn1cnnc1)[C@H](CO)NC(=O)C1(c2ccccc2)CCCC1. The van der Waals surface area contributed by atoms with Gasteiger partial charge >= 0.3 is 0 Å². The number of hydrogen-bond donors (Lipinski definition) is 3. The second kappa shape index (κ2) is 7.43. The summed E-state index contributed by atoms with van der Waals surface area (Å²) in [4.78, 5) is 25.3. The van der Waals surface area contributed by atoms with E-state index < -0.39 is 24.0 Å². The van der Waals surface area contributed by atoms with Crippen molar-refractivity contribution in [1.29, 1.82) is 0 Å². The van der Waals surface area contributed by atoms with Crippen molar-refractivity contribution in [3.63, 3.8) is 0 Å². The molecule has 132 valence electrons. The Morgan fingerprint density at radius 2 is 1.80 bits per heavy atom. The Morgan fingerprint density at radius 3 is 2.40 bits per heavy atom. The summed E-state index contributed by atoms with van der Waals surface area (Å²) < 4.78 is 1.26. The molecular formula is C17H21N5O3. The van der Waals surface area contributed by atoms with E-state index in [-0.39, 0.29) is 5.91 Å². The number of aromatic nitrogens is 3.